The van der Waals surface area contributed by atoms with Crippen LogP contribution in [0.25, 0.3) is 0 Å². The molecule has 1 N–H and O–H groups in total. The molecule has 0 saturated carbocycles. The van der Waals surface area contributed by atoms with Gasteiger partial charge in [-0.25, -0.2) is 0 Å². The summed E-state index contributed by atoms with van der Waals surface area (Å²) in [6.07, 6.45) is 0.900. The van der Waals surface area contributed by atoms with E-state index < -0.39 is 0 Å². The summed E-state index contributed by atoms with van der Waals surface area (Å²) in [5, 5.41) is 7.65. The van der Waals surface area contributed by atoms with Gasteiger partial charge in [0.15, 0.2) is 5.79 Å². The molecule has 0 aliphatic carbocycles. The first-order valence-electron chi connectivity index (χ1n) is 5.28. The fourth-order valence-electron chi connectivity index (χ4n) is 1.64. The van der Waals surface area contributed by atoms with Gasteiger partial charge in [0, 0.05) is 19.5 Å². The summed E-state index contributed by atoms with van der Waals surface area (Å²) in [7, 11) is 0. The van der Waals surface area contributed by atoms with Gasteiger partial charge in [-0.2, -0.15) is 11.3 Å². The van der Waals surface area contributed by atoms with Crippen LogP contribution in [0.3, 0.4) is 0 Å². The molecule has 4 heteroatoms. The van der Waals surface area contributed by atoms with Crippen LogP contribution in [0.1, 0.15) is 18.9 Å². The van der Waals surface area contributed by atoms with Gasteiger partial charge >= 0.3 is 0 Å². The monoisotopic (exact) mass is 227 g/mol. The van der Waals surface area contributed by atoms with E-state index >= 15 is 0 Å². The molecule has 0 atom stereocenters. The third-order valence-corrected chi connectivity index (χ3v) is 3.30. The zero-order valence-electron chi connectivity index (χ0n) is 8.99. The Hall–Kier alpha value is -0.420. The van der Waals surface area contributed by atoms with Crippen LogP contribution in [0.5, 0.6) is 0 Å². The van der Waals surface area contributed by atoms with Crippen LogP contribution in [0.4, 0.5) is 0 Å². The van der Waals surface area contributed by atoms with Crippen molar-refractivity contribution in [1.29, 1.82) is 0 Å². The predicted molar refractivity (Wildman–Crippen MR) is 61.0 cm³/mol. The van der Waals surface area contributed by atoms with Crippen molar-refractivity contribution in [2.75, 3.05) is 19.8 Å². The van der Waals surface area contributed by atoms with Crippen molar-refractivity contribution in [3.05, 3.63) is 22.4 Å². The van der Waals surface area contributed by atoms with E-state index in [0.717, 1.165) is 32.7 Å². The quantitative estimate of drug-likeness (QED) is 0.780. The SMILES string of the molecule is CC1(CCNCc2ccsc2)OCCO1. The number of hydrogen-bond donors (Lipinski definition) is 1. The van der Waals surface area contributed by atoms with Crippen LogP contribution in [0.15, 0.2) is 16.8 Å². The van der Waals surface area contributed by atoms with Crippen molar-refractivity contribution < 1.29 is 9.47 Å². The van der Waals surface area contributed by atoms with Gasteiger partial charge in [-0.3, -0.25) is 0 Å². The summed E-state index contributed by atoms with van der Waals surface area (Å²) in [6.45, 7) is 5.31. The van der Waals surface area contributed by atoms with Crippen molar-refractivity contribution in [3.8, 4) is 0 Å². The first kappa shape index (κ1) is 11.1. The summed E-state index contributed by atoms with van der Waals surface area (Å²) in [5.74, 6) is -0.359. The lowest BCUT2D eigenvalue weighted by Gasteiger charge is -2.22. The van der Waals surface area contributed by atoms with Crippen LogP contribution < -0.4 is 5.32 Å². The Morgan fingerprint density at radius 1 is 1.47 bits per heavy atom. The van der Waals surface area contributed by atoms with Crippen LogP contribution in [0.2, 0.25) is 0 Å². The van der Waals surface area contributed by atoms with Crippen LogP contribution in [-0.4, -0.2) is 25.5 Å². The number of thiophene rings is 1. The third kappa shape index (κ3) is 3.28. The largest absolute Gasteiger partial charge is 0.348 e. The van der Waals surface area contributed by atoms with Gasteiger partial charge < -0.3 is 14.8 Å². The minimum absolute atomic E-state index is 0.359. The Labute approximate surface area is 94.4 Å². The second-order valence-corrected chi connectivity index (χ2v) is 4.67. The van der Waals surface area contributed by atoms with Crippen molar-refractivity contribution >= 4 is 11.3 Å². The molecule has 1 aliphatic rings. The van der Waals surface area contributed by atoms with Gasteiger partial charge in [0.1, 0.15) is 0 Å². The smallest absolute Gasteiger partial charge is 0.166 e. The summed E-state index contributed by atoms with van der Waals surface area (Å²) in [5.41, 5.74) is 1.35. The molecule has 3 nitrogen and oxygen atoms in total. The van der Waals surface area contributed by atoms with E-state index in [1.54, 1.807) is 11.3 Å². The summed E-state index contributed by atoms with van der Waals surface area (Å²) in [4.78, 5) is 0. The molecule has 1 fully saturated rings. The Morgan fingerprint density at radius 3 is 2.93 bits per heavy atom. The molecular weight excluding hydrogens is 210 g/mol. The number of ether oxygens (including phenoxy) is 2. The molecule has 0 amide bonds. The van der Waals surface area contributed by atoms with Crippen LogP contribution in [0, 0.1) is 0 Å². The molecule has 0 unspecified atom stereocenters. The molecule has 0 aromatic carbocycles. The Bertz CT molecular complexity index is 281. The molecule has 1 aromatic rings. The minimum atomic E-state index is -0.359. The lowest BCUT2D eigenvalue weighted by atomic mass is 10.2. The Morgan fingerprint density at radius 2 is 2.27 bits per heavy atom. The van der Waals surface area contributed by atoms with Crippen molar-refractivity contribution in [2.24, 2.45) is 0 Å². The Balaban J connectivity index is 1.62. The van der Waals surface area contributed by atoms with E-state index in [4.69, 9.17) is 9.47 Å². The highest BCUT2D eigenvalue weighted by Crippen LogP contribution is 2.21. The molecule has 2 heterocycles. The molecular formula is C11H17NO2S. The lowest BCUT2D eigenvalue weighted by molar-refractivity contribution is -0.145. The highest BCUT2D eigenvalue weighted by atomic mass is 32.1. The number of nitrogens with one attached hydrogen (secondary N) is 1. The molecule has 15 heavy (non-hydrogen) atoms. The van der Waals surface area contributed by atoms with Gasteiger partial charge in [0.05, 0.1) is 13.2 Å². The molecule has 1 aromatic heterocycles. The van der Waals surface area contributed by atoms with E-state index in [-0.39, 0.29) is 5.79 Å². The Kier molecular flexibility index (Phi) is 3.75. The highest BCUT2D eigenvalue weighted by molar-refractivity contribution is 7.07. The maximum absolute atomic E-state index is 5.52. The summed E-state index contributed by atoms with van der Waals surface area (Å²) >= 11 is 1.73. The van der Waals surface area contributed by atoms with Gasteiger partial charge in [-0.15, -0.1) is 0 Å². The highest BCUT2D eigenvalue weighted by Gasteiger charge is 2.29. The fourth-order valence-corrected chi connectivity index (χ4v) is 2.31. The van der Waals surface area contributed by atoms with Crippen molar-refractivity contribution in [3.63, 3.8) is 0 Å². The van der Waals surface area contributed by atoms with Gasteiger partial charge in [0.2, 0.25) is 0 Å². The summed E-state index contributed by atoms with van der Waals surface area (Å²) in [6, 6.07) is 2.14. The van der Waals surface area contributed by atoms with Gasteiger partial charge in [-0.05, 0) is 29.3 Å². The molecule has 2 rings (SSSR count). The average Bonchev–Trinajstić information content (AvgIpc) is 2.84. The van der Waals surface area contributed by atoms with Gasteiger partial charge in [0.25, 0.3) is 0 Å². The third-order valence-electron chi connectivity index (χ3n) is 2.56. The van der Waals surface area contributed by atoms with Gasteiger partial charge in [-0.1, -0.05) is 0 Å². The standard InChI is InChI=1S/C11H17NO2S/c1-11(13-5-6-14-11)3-4-12-8-10-2-7-15-9-10/h2,7,9,12H,3-6,8H2,1H3. The maximum atomic E-state index is 5.52. The van der Waals surface area contributed by atoms with E-state index in [0.29, 0.717) is 0 Å². The first-order chi connectivity index (χ1) is 7.29. The second kappa shape index (κ2) is 5.07. The normalized spacial score (nSPS) is 19.5. The van der Waals surface area contributed by atoms with E-state index in [1.165, 1.54) is 5.56 Å². The molecule has 1 aliphatic heterocycles. The lowest BCUT2D eigenvalue weighted by Crippen LogP contribution is -2.30. The van der Waals surface area contributed by atoms with E-state index in [2.05, 4.69) is 22.1 Å². The first-order valence-corrected chi connectivity index (χ1v) is 6.22. The van der Waals surface area contributed by atoms with Crippen LogP contribution in [-0.2, 0) is 16.0 Å². The topological polar surface area (TPSA) is 30.5 Å². The zero-order chi connectivity index (χ0) is 10.6. The zero-order valence-corrected chi connectivity index (χ0v) is 9.81. The molecule has 84 valence electrons. The molecule has 0 bridgehead atoms. The molecule has 1 saturated heterocycles. The maximum Gasteiger partial charge on any atom is 0.166 e. The summed E-state index contributed by atoms with van der Waals surface area (Å²) < 4.78 is 11.0. The van der Waals surface area contributed by atoms with Crippen molar-refractivity contribution in [1.82, 2.24) is 5.32 Å². The minimum Gasteiger partial charge on any atom is -0.348 e. The predicted octanol–water partition coefficient (Wildman–Crippen LogP) is 1.99. The van der Waals surface area contributed by atoms with E-state index in [1.807, 2.05) is 6.92 Å². The average molecular weight is 227 g/mol. The molecule has 0 radical (unpaired) electrons. The fraction of sp³-hybridized carbons (Fsp3) is 0.636. The van der Waals surface area contributed by atoms with Crippen molar-refractivity contribution in [2.45, 2.75) is 25.7 Å². The number of hydrogen-bond acceptors (Lipinski definition) is 4. The second-order valence-electron chi connectivity index (χ2n) is 3.89. The molecule has 0 spiro atoms. The van der Waals surface area contributed by atoms with E-state index in [9.17, 15) is 0 Å². The van der Waals surface area contributed by atoms with Crippen LogP contribution >= 0.6 is 11.3 Å². The number of rotatable bonds is 5.